The number of pyridine rings is 1. The van der Waals surface area contributed by atoms with Gasteiger partial charge in [-0.05, 0) is 55.9 Å². The molecule has 8 heteroatoms. The first-order valence-electron chi connectivity index (χ1n) is 10.2. The Morgan fingerprint density at radius 1 is 1.06 bits per heavy atom. The third kappa shape index (κ3) is 4.80. The van der Waals surface area contributed by atoms with Gasteiger partial charge in [0, 0.05) is 24.5 Å². The van der Waals surface area contributed by atoms with Crippen LogP contribution in [0.15, 0.2) is 60.1 Å². The number of para-hydroxylation sites is 1. The van der Waals surface area contributed by atoms with Crippen molar-refractivity contribution < 1.29 is 4.74 Å². The molecule has 4 rings (SSSR count). The minimum absolute atomic E-state index is 0.665. The molecule has 0 bridgehead atoms. The summed E-state index contributed by atoms with van der Waals surface area (Å²) in [6, 6.07) is 12.2. The Bertz CT molecular complexity index is 1160. The van der Waals surface area contributed by atoms with E-state index >= 15 is 0 Å². The molecular weight excluding hydrogens is 408 g/mol. The summed E-state index contributed by atoms with van der Waals surface area (Å²) >= 11 is 0. The number of imidazole rings is 1. The number of ether oxygens (including phenoxy) is 1. The van der Waals surface area contributed by atoms with E-state index in [1.165, 1.54) is 5.56 Å². The zero-order valence-corrected chi connectivity index (χ0v) is 19.2. The van der Waals surface area contributed by atoms with Crippen LogP contribution < -0.4 is 4.74 Å². The summed E-state index contributed by atoms with van der Waals surface area (Å²) in [7, 11) is -0.984. The quantitative estimate of drug-likeness (QED) is 0.442. The molecule has 0 aliphatic rings. The summed E-state index contributed by atoms with van der Waals surface area (Å²) < 4.78 is 7.83. The van der Waals surface area contributed by atoms with Gasteiger partial charge in [0.1, 0.15) is 22.2 Å². The molecule has 0 radical (unpaired) electrons. The third-order valence-corrected chi connectivity index (χ3v) is 6.48. The molecule has 0 amide bonds. The lowest BCUT2D eigenvalue weighted by Gasteiger charge is -2.23. The van der Waals surface area contributed by atoms with Crippen LogP contribution in [0.1, 0.15) is 12.5 Å². The number of hydrogen-bond donors (Lipinski definition) is 1. The Hall–Kier alpha value is -3.13. The predicted molar refractivity (Wildman–Crippen MR) is 126 cm³/mol. The second-order valence-corrected chi connectivity index (χ2v) is 12.1. The molecule has 0 aliphatic heterocycles. The van der Waals surface area contributed by atoms with Crippen LogP contribution >= 0.6 is 10.0 Å². The molecule has 0 saturated heterocycles. The summed E-state index contributed by atoms with van der Waals surface area (Å²) in [6.07, 6.45) is 13.2. The number of nitrogens with zero attached hydrogens (tertiary/aromatic N) is 5. The van der Waals surface area contributed by atoms with Crippen molar-refractivity contribution in [3.63, 3.8) is 0 Å². The summed E-state index contributed by atoms with van der Waals surface area (Å²) in [6.45, 7) is 3.49. The fraction of sp³-hybridized carbons (Fsp3) is 0.304. The van der Waals surface area contributed by atoms with Crippen LogP contribution in [-0.2, 0) is 13.0 Å². The van der Waals surface area contributed by atoms with Crippen molar-refractivity contribution in [3.8, 4) is 28.4 Å². The maximum Gasteiger partial charge on any atom is 0.125 e. The fourth-order valence-electron chi connectivity index (χ4n) is 3.42. The third-order valence-electron chi connectivity index (χ3n) is 4.97. The highest BCUT2D eigenvalue weighted by molar-refractivity contribution is 8.32. The van der Waals surface area contributed by atoms with Crippen molar-refractivity contribution >= 4 is 10.0 Å². The first-order chi connectivity index (χ1) is 15.0. The second kappa shape index (κ2) is 8.93. The summed E-state index contributed by atoms with van der Waals surface area (Å²) in [5.41, 5.74) is 4.74. The Morgan fingerprint density at radius 2 is 1.90 bits per heavy atom. The van der Waals surface area contributed by atoms with E-state index in [-0.39, 0.29) is 0 Å². The van der Waals surface area contributed by atoms with Gasteiger partial charge in [-0.3, -0.25) is 10.1 Å². The van der Waals surface area contributed by atoms with E-state index in [1.54, 1.807) is 6.20 Å². The van der Waals surface area contributed by atoms with E-state index in [1.807, 2.05) is 49.8 Å². The first-order valence-corrected chi connectivity index (χ1v) is 13.1. The molecular formula is C23H28N6OS. The number of nitrogens with one attached hydrogen (secondary N) is 1. The maximum absolute atomic E-state index is 5.74. The number of aryl methyl sites for hydroxylation is 2. The average molecular weight is 437 g/mol. The summed E-state index contributed by atoms with van der Waals surface area (Å²) in [4.78, 5) is 9.12. The Morgan fingerprint density at radius 3 is 2.71 bits per heavy atom. The van der Waals surface area contributed by atoms with Crippen LogP contribution in [0.3, 0.4) is 0 Å². The van der Waals surface area contributed by atoms with Gasteiger partial charge in [-0.25, -0.2) is 15.0 Å². The molecule has 0 atom stereocenters. The molecule has 3 aromatic heterocycles. The van der Waals surface area contributed by atoms with Gasteiger partial charge in [-0.15, -0.1) is 5.10 Å². The van der Waals surface area contributed by atoms with E-state index < -0.39 is 10.0 Å². The molecule has 0 saturated carbocycles. The van der Waals surface area contributed by atoms with Gasteiger partial charge < -0.3 is 9.30 Å². The molecule has 3 heterocycles. The predicted octanol–water partition coefficient (Wildman–Crippen LogP) is 4.42. The van der Waals surface area contributed by atoms with E-state index in [0.717, 1.165) is 46.4 Å². The molecule has 1 aromatic carbocycles. The highest BCUT2D eigenvalue weighted by Gasteiger charge is 2.19. The van der Waals surface area contributed by atoms with Gasteiger partial charge in [0.15, 0.2) is 0 Å². The lowest BCUT2D eigenvalue weighted by Crippen LogP contribution is -2.02. The van der Waals surface area contributed by atoms with Crippen molar-refractivity contribution in [1.29, 1.82) is 0 Å². The van der Waals surface area contributed by atoms with Crippen molar-refractivity contribution in [2.75, 3.05) is 25.4 Å². The molecule has 0 fully saturated rings. The minimum Gasteiger partial charge on any atom is -0.494 e. The van der Waals surface area contributed by atoms with Crippen LogP contribution in [0.2, 0.25) is 0 Å². The van der Waals surface area contributed by atoms with Gasteiger partial charge in [0.25, 0.3) is 0 Å². The number of H-pyrrole nitrogens is 1. The van der Waals surface area contributed by atoms with Crippen molar-refractivity contribution in [3.05, 3.63) is 60.7 Å². The van der Waals surface area contributed by atoms with Gasteiger partial charge in [0.05, 0.1) is 18.6 Å². The number of aromatic amines is 1. The molecule has 31 heavy (non-hydrogen) atoms. The minimum atomic E-state index is -0.984. The van der Waals surface area contributed by atoms with Crippen LogP contribution in [0.5, 0.6) is 5.75 Å². The number of hydrogen-bond acceptors (Lipinski definition) is 5. The van der Waals surface area contributed by atoms with E-state index in [2.05, 4.69) is 54.8 Å². The standard InChI is InChI=1S/C23H28N6OS/c1-5-30-21-9-7-6-8-17(21)11-13-29-15-20(25-16-29)19-14-18(10-12-24-19)22-23(27-28-26-22)31(2,3)4/h6-10,12,14-16H,5,11,13H2,1-4H3,(H,26,27,28). The number of rotatable bonds is 8. The monoisotopic (exact) mass is 436 g/mol. The van der Waals surface area contributed by atoms with E-state index in [0.29, 0.717) is 6.61 Å². The zero-order valence-electron chi connectivity index (χ0n) is 18.4. The first kappa shape index (κ1) is 21.1. The highest BCUT2D eigenvalue weighted by Crippen LogP contribution is 2.47. The smallest absolute Gasteiger partial charge is 0.125 e. The Labute approximate surface area is 184 Å². The van der Waals surface area contributed by atoms with Gasteiger partial charge in [0.2, 0.25) is 0 Å². The van der Waals surface area contributed by atoms with E-state index in [9.17, 15) is 0 Å². The second-order valence-electron chi connectivity index (χ2n) is 8.04. The fourth-order valence-corrected chi connectivity index (χ4v) is 4.48. The topological polar surface area (TPSA) is 81.5 Å². The Kier molecular flexibility index (Phi) is 6.08. The molecule has 7 nitrogen and oxygen atoms in total. The van der Waals surface area contributed by atoms with Gasteiger partial charge in [-0.1, -0.05) is 23.4 Å². The van der Waals surface area contributed by atoms with Crippen LogP contribution in [-0.4, -0.2) is 55.3 Å². The van der Waals surface area contributed by atoms with E-state index in [4.69, 9.17) is 4.74 Å². The van der Waals surface area contributed by atoms with Crippen LogP contribution in [0.25, 0.3) is 22.6 Å². The van der Waals surface area contributed by atoms with Crippen molar-refractivity contribution in [2.24, 2.45) is 0 Å². The SMILES string of the molecule is CCOc1ccccc1CCn1cnc(-c2cc(-c3nn[nH]c3S(C)(C)C)ccn2)c1. The average Bonchev–Trinajstić information content (AvgIpc) is 3.43. The van der Waals surface area contributed by atoms with Gasteiger partial charge in [-0.2, -0.15) is 0 Å². The molecule has 0 aliphatic carbocycles. The van der Waals surface area contributed by atoms with Crippen molar-refractivity contribution in [2.45, 2.75) is 24.9 Å². The number of aromatic nitrogens is 6. The molecule has 0 spiro atoms. The normalized spacial score (nSPS) is 12.1. The zero-order chi connectivity index (χ0) is 21.8. The lowest BCUT2D eigenvalue weighted by atomic mass is 10.1. The highest BCUT2D eigenvalue weighted by atomic mass is 32.3. The van der Waals surface area contributed by atoms with Crippen molar-refractivity contribution in [1.82, 2.24) is 29.9 Å². The molecule has 1 N–H and O–H groups in total. The maximum atomic E-state index is 5.74. The summed E-state index contributed by atoms with van der Waals surface area (Å²) in [5, 5.41) is 12.5. The number of benzene rings is 1. The largest absolute Gasteiger partial charge is 0.494 e. The summed E-state index contributed by atoms with van der Waals surface area (Å²) in [5.74, 6) is 0.948. The molecule has 0 unspecified atom stereocenters. The van der Waals surface area contributed by atoms with Crippen LogP contribution in [0.4, 0.5) is 0 Å². The Balaban J connectivity index is 1.53. The lowest BCUT2D eigenvalue weighted by molar-refractivity contribution is 0.336. The molecule has 4 aromatic rings. The molecule has 162 valence electrons. The van der Waals surface area contributed by atoms with Crippen LogP contribution in [0, 0.1) is 0 Å². The van der Waals surface area contributed by atoms with Gasteiger partial charge >= 0.3 is 0 Å².